The molecule has 0 amide bonds. The van der Waals surface area contributed by atoms with E-state index in [0.29, 0.717) is 5.56 Å². The van der Waals surface area contributed by atoms with Gasteiger partial charge in [0.2, 0.25) is 0 Å². The van der Waals surface area contributed by atoms with E-state index in [0.717, 1.165) is 5.56 Å². The molecular weight excluding hydrogens is 290 g/mol. The Morgan fingerprint density at radius 2 is 1.73 bits per heavy atom. The number of hydrogen-bond donors (Lipinski definition) is 0. The van der Waals surface area contributed by atoms with Gasteiger partial charge in [0, 0.05) is 0 Å². The second-order valence-electron chi connectivity index (χ2n) is 8.17. The van der Waals surface area contributed by atoms with Crippen molar-refractivity contribution in [2.75, 3.05) is 0 Å². The van der Waals surface area contributed by atoms with Gasteiger partial charge in [-0.15, -0.1) is 0 Å². The van der Waals surface area contributed by atoms with E-state index in [9.17, 15) is 0 Å². The Balaban J connectivity index is 2.22. The smallest absolute Gasteiger partial charge is 0.192 e. The lowest BCUT2D eigenvalue weighted by molar-refractivity contribution is -0.270. The highest BCUT2D eigenvalue weighted by atomic mass is 28.4. The van der Waals surface area contributed by atoms with Gasteiger partial charge >= 0.3 is 0 Å². The van der Waals surface area contributed by atoms with Crippen molar-refractivity contribution in [3.63, 3.8) is 0 Å². The van der Waals surface area contributed by atoms with Crippen LogP contribution in [-0.4, -0.2) is 20.0 Å². The number of hydrogen-bond acceptors (Lipinski definition) is 3. The van der Waals surface area contributed by atoms with E-state index in [1.807, 2.05) is 24.3 Å². The van der Waals surface area contributed by atoms with E-state index in [1.165, 1.54) is 0 Å². The van der Waals surface area contributed by atoms with Crippen LogP contribution in [0.4, 0.5) is 0 Å². The lowest BCUT2D eigenvalue weighted by atomic mass is 9.85. The quantitative estimate of drug-likeness (QED) is 0.752. The fraction of sp³-hybridized carbons (Fsp3) is 0.611. The summed E-state index contributed by atoms with van der Waals surface area (Å²) in [5.74, 6) is 0. The van der Waals surface area contributed by atoms with Crippen molar-refractivity contribution in [3.8, 4) is 6.07 Å². The molecule has 1 aliphatic rings. The average Bonchev–Trinajstić information content (AvgIpc) is 2.42. The first-order valence-corrected chi connectivity index (χ1v) is 10.7. The molecule has 0 spiro atoms. The molecule has 120 valence electrons. The summed E-state index contributed by atoms with van der Waals surface area (Å²) < 4.78 is 12.7. The van der Waals surface area contributed by atoms with Gasteiger partial charge in [-0.1, -0.05) is 32.9 Å². The average molecular weight is 318 g/mol. The summed E-state index contributed by atoms with van der Waals surface area (Å²) >= 11 is 0. The largest absolute Gasteiger partial charge is 0.408 e. The van der Waals surface area contributed by atoms with Gasteiger partial charge in [0.15, 0.2) is 8.32 Å². The van der Waals surface area contributed by atoms with Gasteiger partial charge in [0.1, 0.15) is 12.2 Å². The normalized spacial score (nSPS) is 24.5. The van der Waals surface area contributed by atoms with Gasteiger partial charge in [-0.05, 0) is 49.7 Å². The molecule has 1 aromatic rings. The molecule has 22 heavy (non-hydrogen) atoms. The second kappa shape index (κ2) is 5.49. The first-order valence-electron chi connectivity index (χ1n) is 7.84. The molecule has 2 unspecified atom stereocenters. The summed E-state index contributed by atoms with van der Waals surface area (Å²) in [5.41, 5.74) is 1.49. The molecular formula is C18H27NO2Si. The molecule has 0 radical (unpaired) electrons. The third-order valence-corrected chi connectivity index (χ3v) is 9.44. The first-order chi connectivity index (χ1) is 9.98. The maximum absolute atomic E-state index is 8.92. The second-order valence-corrected chi connectivity index (χ2v) is 12.9. The van der Waals surface area contributed by atoms with Gasteiger partial charge in [0.25, 0.3) is 0 Å². The van der Waals surface area contributed by atoms with E-state index < -0.39 is 8.32 Å². The van der Waals surface area contributed by atoms with Crippen molar-refractivity contribution in [1.82, 2.24) is 0 Å². The highest BCUT2D eigenvalue weighted by Gasteiger charge is 2.54. The topological polar surface area (TPSA) is 42.2 Å². The number of rotatable bonds is 3. The number of benzene rings is 1. The van der Waals surface area contributed by atoms with E-state index in [1.54, 1.807) is 0 Å². The van der Waals surface area contributed by atoms with Gasteiger partial charge in [-0.3, -0.25) is 0 Å². The van der Waals surface area contributed by atoms with Crippen molar-refractivity contribution in [2.24, 2.45) is 0 Å². The highest BCUT2D eigenvalue weighted by molar-refractivity contribution is 6.74. The molecule has 0 N–H and O–H groups in total. The fourth-order valence-electron chi connectivity index (χ4n) is 2.44. The van der Waals surface area contributed by atoms with Crippen molar-refractivity contribution in [2.45, 2.75) is 70.6 Å². The van der Waals surface area contributed by atoms with Crippen LogP contribution in [0.5, 0.6) is 0 Å². The molecule has 1 fully saturated rings. The maximum Gasteiger partial charge on any atom is 0.192 e. The lowest BCUT2D eigenvalue weighted by Gasteiger charge is -2.55. The Kier molecular flexibility index (Phi) is 4.29. The number of nitriles is 1. The Hall–Kier alpha value is -1.15. The monoisotopic (exact) mass is 317 g/mol. The molecule has 0 saturated carbocycles. The van der Waals surface area contributed by atoms with Crippen LogP contribution in [0.3, 0.4) is 0 Å². The summed E-state index contributed by atoms with van der Waals surface area (Å²) in [4.78, 5) is 0. The van der Waals surface area contributed by atoms with Crippen molar-refractivity contribution < 1.29 is 9.16 Å². The Labute approximate surface area is 135 Å². The summed E-state index contributed by atoms with van der Waals surface area (Å²) in [7, 11) is -1.85. The molecule has 3 nitrogen and oxygen atoms in total. The third kappa shape index (κ3) is 3.12. The van der Waals surface area contributed by atoms with Gasteiger partial charge in [0.05, 0.1) is 17.2 Å². The molecule has 1 aromatic carbocycles. The van der Waals surface area contributed by atoms with Crippen LogP contribution >= 0.6 is 0 Å². The molecule has 4 heteroatoms. The van der Waals surface area contributed by atoms with Crippen LogP contribution in [0.25, 0.3) is 0 Å². The van der Waals surface area contributed by atoms with Crippen LogP contribution in [0.15, 0.2) is 24.3 Å². The summed E-state index contributed by atoms with van der Waals surface area (Å²) in [5, 5.41) is 9.09. The molecule has 2 rings (SSSR count). The zero-order valence-corrected chi connectivity index (χ0v) is 15.7. The Morgan fingerprint density at radius 1 is 1.18 bits per heavy atom. The van der Waals surface area contributed by atoms with Crippen LogP contribution in [0, 0.1) is 11.3 Å². The van der Waals surface area contributed by atoms with E-state index in [2.05, 4.69) is 53.8 Å². The third-order valence-electron chi connectivity index (χ3n) is 4.99. The Morgan fingerprint density at radius 3 is 2.14 bits per heavy atom. The molecule has 1 saturated heterocycles. The van der Waals surface area contributed by atoms with E-state index in [-0.39, 0.29) is 22.8 Å². The van der Waals surface area contributed by atoms with Gasteiger partial charge in [-0.25, -0.2) is 0 Å². The van der Waals surface area contributed by atoms with Crippen LogP contribution in [0.2, 0.25) is 18.1 Å². The SMILES string of the molecule is CC1(C)OC(c2ccc(C#N)cc2)C1O[Si](C)(C)C(C)(C)C. The first kappa shape index (κ1) is 17.2. The minimum absolute atomic E-state index is 0.0446. The van der Waals surface area contributed by atoms with Gasteiger partial charge < -0.3 is 9.16 Å². The zero-order valence-electron chi connectivity index (χ0n) is 14.7. The van der Waals surface area contributed by atoms with Crippen LogP contribution in [0.1, 0.15) is 51.8 Å². The van der Waals surface area contributed by atoms with Crippen molar-refractivity contribution in [1.29, 1.82) is 5.26 Å². The molecule has 0 aromatic heterocycles. The summed E-state index contributed by atoms with van der Waals surface area (Å²) in [6.45, 7) is 15.5. The van der Waals surface area contributed by atoms with Crippen LogP contribution in [-0.2, 0) is 9.16 Å². The van der Waals surface area contributed by atoms with E-state index in [4.69, 9.17) is 14.4 Å². The summed E-state index contributed by atoms with van der Waals surface area (Å²) in [6, 6.07) is 9.78. The fourth-order valence-corrected chi connectivity index (χ4v) is 3.83. The minimum atomic E-state index is -1.85. The Bertz CT molecular complexity index is 579. The molecule has 0 aliphatic carbocycles. The lowest BCUT2D eigenvalue weighted by Crippen LogP contribution is -2.61. The summed E-state index contributed by atoms with van der Waals surface area (Å²) in [6.07, 6.45) is 0.0122. The predicted octanol–water partition coefficient (Wildman–Crippen LogP) is 4.80. The minimum Gasteiger partial charge on any atom is -0.408 e. The highest BCUT2D eigenvalue weighted by Crippen LogP contribution is 2.49. The maximum atomic E-state index is 8.92. The predicted molar refractivity (Wildman–Crippen MR) is 91.1 cm³/mol. The standard InChI is InChI=1S/C18H27NO2Si/c1-17(2,3)22(6,7)21-16-15(20-18(16,4)5)14-10-8-13(12-19)9-11-14/h8-11,15-16H,1-7H3. The molecule has 1 aliphatic heterocycles. The van der Waals surface area contributed by atoms with E-state index >= 15 is 0 Å². The van der Waals surface area contributed by atoms with Crippen molar-refractivity contribution >= 4 is 8.32 Å². The molecule has 2 atom stereocenters. The zero-order chi connectivity index (χ0) is 16.8. The van der Waals surface area contributed by atoms with Crippen LogP contribution < -0.4 is 0 Å². The number of nitrogens with zero attached hydrogens (tertiary/aromatic N) is 1. The van der Waals surface area contributed by atoms with Crippen molar-refractivity contribution in [3.05, 3.63) is 35.4 Å². The molecule has 0 bridgehead atoms. The van der Waals surface area contributed by atoms with Gasteiger partial charge in [-0.2, -0.15) is 5.26 Å². The molecule has 1 heterocycles. The number of ether oxygens (including phenoxy) is 1.